The number of fused-ring (bicyclic) bond motifs is 2. The van der Waals surface area contributed by atoms with Gasteiger partial charge in [-0.2, -0.15) is 0 Å². The molecule has 0 radical (unpaired) electrons. The molecule has 2 amide bonds. The first kappa shape index (κ1) is 23.7. The summed E-state index contributed by atoms with van der Waals surface area (Å²) in [5, 5.41) is 17.0. The van der Waals surface area contributed by atoms with Crippen molar-refractivity contribution in [2.75, 3.05) is 57.2 Å². The number of aliphatic hydroxyl groups excluding tert-OH is 1. The zero-order valence-corrected chi connectivity index (χ0v) is 19.9. The SMILES string of the molecule is COc1ccc(NC(=O)N[C@H]2[C@H](O)[C@@H](N3CCN(c4ccccc4OC)CC3)[C@@H]3OC[C@H]2O3)cc1. The van der Waals surface area contributed by atoms with Gasteiger partial charge < -0.3 is 39.6 Å². The molecule has 3 heterocycles. The minimum absolute atomic E-state index is 0.326. The molecular formula is C25H32N4O6. The molecule has 3 aliphatic rings. The molecule has 10 heteroatoms. The predicted molar refractivity (Wildman–Crippen MR) is 130 cm³/mol. The first-order valence-electron chi connectivity index (χ1n) is 11.9. The number of benzene rings is 2. The number of amides is 2. The second kappa shape index (κ2) is 10.3. The molecule has 3 N–H and O–H groups in total. The van der Waals surface area contributed by atoms with Crippen LogP contribution in [0, 0.1) is 0 Å². The van der Waals surface area contributed by atoms with Crippen molar-refractivity contribution >= 4 is 17.4 Å². The van der Waals surface area contributed by atoms with Crippen LogP contribution in [0.3, 0.4) is 0 Å². The largest absolute Gasteiger partial charge is 0.497 e. The molecule has 3 aliphatic heterocycles. The summed E-state index contributed by atoms with van der Waals surface area (Å²) in [5.74, 6) is 1.55. The summed E-state index contributed by atoms with van der Waals surface area (Å²) in [4.78, 5) is 17.2. The number of carbonyl (C=O) groups is 1. The van der Waals surface area contributed by atoms with Crippen LogP contribution in [-0.2, 0) is 9.47 Å². The topological polar surface area (TPSA) is 105 Å². The molecule has 0 aliphatic carbocycles. The molecule has 188 valence electrons. The van der Waals surface area contributed by atoms with Gasteiger partial charge in [-0.3, -0.25) is 4.90 Å². The molecule has 2 aromatic carbocycles. The fourth-order valence-electron chi connectivity index (χ4n) is 5.11. The predicted octanol–water partition coefficient (Wildman–Crippen LogP) is 1.50. The van der Waals surface area contributed by atoms with Gasteiger partial charge in [0.05, 0.1) is 44.7 Å². The van der Waals surface area contributed by atoms with Crippen LogP contribution in [0.15, 0.2) is 48.5 Å². The van der Waals surface area contributed by atoms with Crippen molar-refractivity contribution in [3.8, 4) is 11.5 Å². The summed E-state index contributed by atoms with van der Waals surface area (Å²) >= 11 is 0. The monoisotopic (exact) mass is 484 g/mol. The third-order valence-corrected chi connectivity index (χ3v) is 6.94. The van der Waals surface area contributed by atoms with Gasteiger partial charge in [0, 0.05) is 31.9 Å². The maximum Gasteiger partial charge on any atom is 0.319 e. The van der Waals surface area contributed by atoms with Crippen LogP contribution in [0.2, 0.25) is 0 Å². The number of anilines is 2. The minimum atomic E-state index is -0.833. The van der Waals surface area contributed by atoms with E-state index in [2.05, 4.69) is 26.5 Å². The van der Waals surface area contributed by atoms with E-state index >= 15 is 0 Å². The van der Waals surface area contributed by atoms with Crippen LogP contribution >= 0.6 is 0 Å². The number of nitrogens with one attached hydrogen (secondary N) is 2. The van der Waals surface area contributed by atoms with Crippen molar-refractivity contribution in [3.05, 3.63) is 48.5 Å². The van der Waals surface area contributed by atoms with E-state index in [1.54, 1.807) is 38.5 Å². The van der Waals surface area contributed by atoms with Crippen LogP contribution in [0.4, 0.5) is 16.2 Å². The van der Waals surface area contributed by atoms with Crippen LogP contribution in [0.5, 0.6) is 11.5 Å². The molecule has 5 atom stereocenters. The first-order valence-corrected chi connectivity index (χ1v) is 11.9. The summed E-state index contributed by atoms with van der Waals surface area (Å²) in [6.45, 7) is 3.31. The average molecular weight is 485 g/mol. The van der Waals surface area contributed by atoms with Crippen molar-refractivity contribution in [1.82, 2.24) is 10.2 Å². The number of aliphatic hydroxyl groups is 1. The fraction of sp³-hybridized carbons (Fsp3) is 0.480. The Morgan fingerprint density at radius 1 is 1.03 bits per heavy atom. The highest BCUT2D eigenvalue weighted by Gasteiger charge is 2.53. The van der Waals surface area contributed by atoms with E-state index in [0.29, 0.717) is 18.0 Å². The van der Waals surface area contributed by atoms with Gasteiger partial charge in [-0.05, 0) is 36.4 Å². The Kier molecular flexibility index (Phi) is 6.96. The van der Waals surface area contributed by atoms with Crippen molar-refractivity contribution in [2.24, 2.45) is 0 Å². The fourth-order valence-corrected chi connectivity index (χ4v) is 5.11. The Balaban J connectivity index is 1.22. The molecular weight excluding hydrogens is 452 g/mol. The van der Waals surface area contributed by atoms with E-state index in [9.17, 15) is 9.90 Å². The van der Waals surface area contributed by atoms with E-state index in [0.717, 1.165) is 37.6 Å². The summed E-state index contributed by atoms with van der Waals surface area (Å²) in [5.41, 5.74) is 1.68. The number of methoxy groups -OCH3 is 2. The first-order chi connectivity index (χ1) is 17.1. The lowest BCUT2D eigenvalue weighted by atomic mass is 9.94. The molecule has 2 bridgehead atoms. The third kappa shape index (κ3) is 4.87. The standard InChI is InChI=1S/C25H32N4O6/c1-32-17-9-7-16(8-10-17)26-25(31)27-21-20-15-34-24(35-20)22(23(21)30)29-13-11-28(12-14-29)18-5-3-4-6-19(18)33-2/h3-10,20-24,30H,11-15H2,1-2H3,(H2,26,27,31)/t20-,21-,22-,23+,24-/m1/s1. The van der Waals surface area contributed by atoms with Crippen molar-refractivity contribution in [1.29, 1.82) is 0 Å². The van der Waals surface area contributed by atoms with Gasteiger partial charge in [-0.1, -0.05) is 12.1 Å². The summed E-state index contributed by atoms with van der Waals surface area (Å²) in [6, 6.07) is 13.6. The smallest absolute Gasteiger partial charge is 0.319 e. The quantitative estimate of drug-likeness (QED) is 0.567. The maximum atomic E-state index is 12.7. The summed E-state index contributed by atoms with van der Waals surface area (Å²) < 4.78 is 22.6. The number of piperazine rings is 1. The van der Waals surface area contributed by atoms with Crippen molar-refractivity contribution in [2.45, 2.75) is 30.6 Å². The molecule has 2 aromatic rings. The Labute approximate surface area is 204 Å². The van der Waals surface area contributed by atoms with Gasteiger partial charge in [0.2, 0.25) is 0 Å². The number of hydrogen-bond donors (Lipinski definition) is 3. The van der Waals surface area contributed by atoms with E-state index < -0.39 is 30.6 Å². The zero-order valence-electron chi connectivity index (χ0n) is 19.9. The second-order valence-corrected chi connectivity index (χ2v) is 8.91. The number of rotatable bonds is 6. The Morgan fingerprint density at radius 2 is 1.77 bits per heavy atom. The van der Waals surface area contributed by atoms with E-state index in [1.165, 1.54) is 0 Å². The molecule has 3 saturated heterocycles. The molecule has 10 nitrogen and oxygen atoms in total. The second-order valence-electron chi connectivity index (χ2n) is 8.91. The molecule has 0 spiro atoms. The molecule has 0 saturated carbocycles. The van der Waals surface area contributed by atoms with Crippen molar-refractivity contribution < 1.29 is 28.8 Å². The number of nitrogens with zero attached hydrogens (tertiary/aromatic N) is 2. The van der Waals surface area contributed by atoms with Crippen LogP contribution in [-0.4, -0.2) is 93.6 Å². The van der Waals surface area contributed by atoms with Crippen LogP contribution in [0.1, 0.15) is 0 Å². The minimum Gasteiger partial charge on any atom is -0.497 e. The Bertz CT molecular complexity index is 1010. The average Bonchev–Trinajstić information content (AvgIpc) is 3.32. The van der Waals surface area contributed by atoms with Gasteiger partial charge in [0.1, 0.15) is 17.6 Å². The highest BCUT2D eigenvalue weighted by atomic mass is 16.7. The van der Waals surface area contributed by atoms with Gasteiger partial charge >= 0.3 is 6.03 Å². The lowest BCUT2D eigenvalue weighted by Gasteiger charge is -2.47. The Morgan fingerprint density at radius 3 is 2.49 bits per heavy atom. The number of urea groups is 1. The van der Waals surface area contributed by atoms with E-state index in [-0.39, 0.29) is 6.04 Å². The van der Waals surface area contributed by atoms with Gasteiger partial charge in [-0.15, -0.1) is 0 Å². The van der Waals surface area contributed by atoms with Gasteiger partial charge in [-0.25, -0.2) is 4.79 Å². The van der Waals surface area contributed by atoms with Crippen LogP contribution < -0.4 is 25.0 Å². The number of hydrogen-bond acceptors (Lipinski definition) is 8. The highest BCUT2D eigenvalue weighted by molar-refractivity contribution is 5.89. The van der Waals surface area contributed by atoms with Crippen molar-refractivity contribution in [3.63, 3.8) is 0 Å². The van der Waals surface area contributed by atoms with Crippen LogP contribution in [0.25, 0.3) is 0 Å². The molecule has 0 aromatic heterocycles. The molecule has 35 heavy (non-hydrogen) atoms. The molecule has 5 rings (SSSR count). The van der Waals surface area contributed by atoms with Gasteiger partial charge in [0.25, 0.3) is 0 Å². The number of ether oxygens (including phenoxy) is 4. The summed E-state index contributed by atoms with van der Waals surface area (Å²) in [6.07, 6.45) is -1.75. The normalized spacial score (nSPS) is 28.4. The zero-order chi connectivity index (χ0) is 24.4. The van der Waals surface area contributed by atoms with E-state index in [1.807, 2.05) is 18.2 Å². The van der Waals surface area contributed by atoms with Gasteiger partial charge in [0.15, 0.2) is 6.29 Å². The lowest BCUT2D eigenvalue weighted by molar-refractivity contribution is -0.181. The Hall–Kier alpha value is -3.05. The third-order valence-electron chi connectivity index (χ3n) is 6.94. The number of para-hydroxylation sites is 2. The summed E-state index contributed by atoms with van der Waals surface area (Å²) in [7, 11) is 3.27. The maximum absolute atomic E-state index is 12.7. The van der Waals surface area contributed by atoms with E-state index in [4.69, 9.17) is 18.9 Å². The highest BCUT2D eigenvalue weighted by Crippen LogP contribution is 2.34. The molecule has 0 unspecified atom stereocenters. The lowest BCUT2D eigenvalue weighted by Crippen LogP contribution is -2.67. The molecule has 3 fully saturated rings. The number of carbonyl (C=O) groups excluding carboxylic acids is 1.